The van der Waals surface area contributed by atoms with Gasteiger partial charge in [0, 0.05) is 19.7 Å². The molecule has 2 heterocycles. The minimum absolute atomic E-state index is 0.245. The molecule has 0 fully saturated rings. The summed E-state index contributed by atoms with van der Waals surface area (Å²) in [6, 6.07) is 1.84. The molecule has 0 aliphatic heterocycles. The Kier molecular flexibility index (Phi) is 3.66. The van der Waals surface area contributed by atoms with E-state index >= 15 is 0 Å². The molecular weight excluding hydrogens is 250 g/mol. The van der Waals surface area contributed by atoms with Crippen molar-refractivity contribution in [3.05, 3.63) is 11.9 Å². The van der Waals surface area contributed by atoms with Gasteiger partial charge in [-0.2, -0.15) is 4.98 Å². The lowest BCUT2D eigenvalue weighted by molar-refractivity contribution is 0.764. The van der Waals surface area contributed by atoms with Gasteiger partial charge in [-0.15, -0.1) is 10.2 Å². The minimum atomic E-state index is 0.245. The predicted molar refractivity (Wildman–Crippen MR) is 70.5 cm³/mol. The molecule has 0 saturated heterocycles. The average molecular weight is 265 g/mol. The van der Waals surface area contributed by atoms with E-state index in [1.165, 1.54) is 11.8 Å². The number of nitrogens with two attached hydrogens (primary N) is 1. The molecule has 0 radical (unpaired) electrons. The van der Waals surface area contributed by atoms with Crippen LogP contribution in [0.4, 0.5) is 11.8 Å². The maximum atomic E-state index is 5.67. The van der Waals surface area contributed by atoms with E-state index in [-0.39, 0.29) is 5.95 Å². The largest absolute Gasteiger partial charge is 0.370 e. The summed E-state index contributed by atoms with van der Waals surface area (Å²) in [7, 11) is 1.91. The molecule has 8 heteroatoms. The molecule has 0 aliphatic carbocycles. The third-order valence-corrected chi connectivity index (χ3v) is 3.28. The van der Waals surface area contributed by atoms with Crippen LogP contribution in [0.3, 0.4) is 0 Å². The second-order valence-corrected chi connectivity index (χ2v) is 4.66. The fraction of sp³-hybridized carbons (Fsp3) is 0.400. The SMILES string of the molecule is CCNc1cc(Sc2nnc(C)n2C)nc(N)n1. The van der Waals surface area contributed by atoms with Crippen molar-refractivity contribution in [2.45, 2.75) is 24.0 Å². The van der Waals surface area contributed by atoms with Gasteiger partial charge in [0.15, 0.2) is 5.16 Å². The van der Waals surface area contributed by atoms with Gasteiger partial charge in [0.25, 0.3) is 0 Å². The summed E-state index contributed by atoms with van der Waals surface area (Å²) < 4.78 is 1.90. The zero-order valence-corrected chi connectivity index (χ0v) is 11.3. The Hall–Kier alpha value is -1.83. The number of nitrogen functional groups attached to an aromatic ring is 1. The van der Waals surface area contributed by atoms with Crippen LogP contribution in [0.5, 0.6) is 0 Å². The van der Waals surface area contributed by atoms with Gasteiger partial charge in [-0.25, -0.2) is 4.98 Å². The molecule has 0 bridgehead atoms. The zero-order valence-electron chi connectivity index (χ0n) is 10.5. The maximum Gasteiger partial charge on any atom is 0.223 e. The Morgan fingerprint density at radius 3 is 2.78 bits per heavy atom. The molecule has 96 valence electrons. The summed E-state index contributed by atoms with van der Waals surface area (Å²) in [6.07, 6.45) is 0. The summed E-state index contributed by atoms with van der Waals surface area (Å²) in [6.45, 7) is 4.68. The van der Waals surface area contributed by atoms with Crippen molar-refractivity contribution in [3.8, 4) is 0 Å². The van der Waals surface area contributed by atoms with E-state index in [1.54, 1.807) is 0 Å². The van der Waals surface area contributed by atoms with Gasteiger partial charge in [-0.3, -0.25) is 0 Å². The van der Waals surface area contributed by atoms with Crippen LogP contribution >= 0.6 is 11.8 Å². The number of anilines is 2. The van der Waals surface area contributed by atoms with Gasteiger partial charge in [0.05, 0.1) is 0 Å². The first-order valence-electron chi connectivity index (χ1n) is 5.52. The molecule has 0 aromatic carbocycles. The van der Waals surface area contributed by atoms with Crippen LogP contribution in [0.25, 0.3) is 0 Å². The van der Waals surface area contributed by atoms with Gasteiger partial charge in [-0.1, -0.05) is 0 Å². The number of hydrogen-bond donors (Lipinski definition) is 2. The van der Waals surface area contributed by atoms with Crippen LogP contribution in [0.1, 0.15) is 12.7 Å². The van der Waals surface area contributed by atoms with Crippen molar-refractivity contribution in [1.82, 2.24) is 24.7 Å². The summed E-state index contributed by atoms with van der Waals surface area (Å²) in [5, 5.41) is 12.7. The number of rotatable bonds is 4. The molecule has 3 N–H and O–H groups in total. The van der Waals surface area contributed by atoms with E-state index in [0.29, 0.717) is 5.82 Å². The van der Waals surface area contributed by atoms with E-state index < -0.39 is 0 Å². The van der Waals surface area contributed by atoms with Crippen LogP contribution in [-0.4, -0.2) is 31.3 Å². The monoisotopic (exact) mass is 265 g/mol. The first-order valence-corrected chi connectivity index (χ1v) is 6.34. The number of aryl methyl sites for hydroxylation is 1. The third kappa shape index (κ3) is 2.70. The number of hydrogen-bond acceptors (Lipinski definition) is 7. The van der Waals surface area contributed by atoms with E-state index in [2.05, 4.69) is 25.5 Å². The number of nitrogens with zero attached hydrogens (tertiary/aromatic N) is 5. The van der Waals surface area contributed by atoms with Crippen molar-refractivity contribution in [1.29, 1.82) is 0 Å². The van der Waals surface area contributed by atoms with Crippen molar-refractivity contribution >= 4 is 23.5 Å². The predicted octanol–water partition coefficient (Wildman–Crippen LogP) is 1.08. The number of nitrogens with one attached hydrogen (secondary N) is 1. The van der Waals surface area contributed by atoms with Gasteiger partial charge < -0.3 is 15.6 Å². The maximum absolute atomic E-state index is 5.67. The molecule has 2 aromatic rings. The van der Waals surface area contributed by atoms with E-state index in [9.17, 15) is 0 Å². The van der Waals surface area contributed by atoms with Gasteiger partial charge >= 0.3 is 0 Å². The Morgan fingerprint density at radius 2 is 2.17 bits per heavy atom. The second-order valence-electron chi connectivity index (χ2n) is 3.67. The van der Waals surface area contributed by atoms with Crippen LogP contribution in [0.2, 0.25) is 0 Å². The van der Waals surface area contributed by atoms with Crippen molar-refractivity contribution in [3.63, 3.8) is 0 Å². The molecule has 0 aliphatic rings. The molecule has 0 saturated carbocycles. The summed E-state index contributed by atoms with van der Waals surface area (Å²) in [5.41, 5.74) is 5.67. The molecule has 0 amide bonds. The quantitative estimate of drug-likeness (QED) is 0.799. The Balaban J connectivity index is 2.26. The molecule has 18 heavy (non-hydrogen) atoms. The normalized spacial score (nSPS) is 10.6. The molecule has 7 nitrogen and oxygen atoms in total. The summed E-state index contributed by atoms with van der Waals surface area (Å²) in [4.78, 5) is 8.26. The van der Waals surface area contributed by atoms with Crippen LogP contribution in [-0.2, 0) is 7.05 Å². The topological polar surface area (TPSA) is 94.5 Å². The lowest BCUT2D eigenvalue weighted by Gasteiger charge is -2.06. The van der Waals surface area contributed by atoms with E-state index in [4.69, 9.17) is 5.73 Å². The van der Waals surface area contributed by atoms with Crippen LogP contribution < -0.4 is 11.1 Å². The second kappa shape index (κ2) is 5.21. The fourth-order valence-electron chi connectivity index (χ4n) is 1.34. The minimum Gasteiger partial charge on any atom is -0.370 e. The highest BCUT2D eigenvalue weighted by Gasteiger charge is 2.09. The zero-order chi connectivity index (χ0) is 13.1. The molecule has 0 spiro atoms. The van der Waals surface area contributed by atoms with Crippen molar-refractivity contribution in [2.24, 2.45) is 7.05 Å². The first-order chi connectivity index (χ1) is 8.60. The summed E-state index contributed by atoms with van der Waals surface area (Å²) >= 11 is 1.41. The highest BCUT2D eigenvalue weighted by atomic mass is 32.2. The molecule has 0 atom stereocenters. The molecule has 2 aromatic heterocycles. The smallest absolute Gasteiger partial charge is 0.223 e. The van der Waals surface area contributed by atoms with E-state index in [0.717, 1.165) is 22.6 Å². The van der Waals surface area contributed by atoms with Gasteiger partial charge in [0.2, 0.25) is 5.95 Å². The Morgan fingerprint density at radius 1 is 1.39 bits per heavy atom. The van der Waals surface area contributed by atoms with E-state index in [1.807, 2.05) is 31.5 Å². The first kappa shape index (κ1) is 12.6. The number of aromatic nitrogens is 5. The molecule has 0 unspecified atom stereocenters. The Bertz CT molecular complexity index is 551. The summed E-state index contributed by atoms with van der Waals surface area (Å²) in [5.74, 6) is 1.81. The van der Waals surface area contributed by atoms with Crippen LogP contribution in [0, 0.1) is 6.92 Å². The van der Waals surface area contributed by atoms with Gasteiger partial charge in [0.1, 0.15) is 16.7 Å². The lowest BCUT2D eigenvalue weighted by Crippen LogP contribution is -2.04. The van der Waals surface area contributed by atoms with Crippen molar-refractivity contribution < 1.29 is 0 Å². The third-order valence-electron chi connectivity index (χ3n) is 2.33. The standard InChI is InChI=1S/C10H15N7S/c1-4-12-7-5-8(14-9(11)13-7)18-10-16-15-6(2)17(10)3/h5H,4H2,1-3H3,(H3,11,12,13,14). The van der Waals surface area contributed by atoms with Crippen molar-refractivity contribution in [2.75, 3.05) is 17.6 Å². The van der Waals surface area contributed by atoms with Gasteiger partial charge in [-0.05, 0) is 25.6 Å². The highest BCUT2D eigenvalue weighted by Crippen LogP contribution is 2.26. The average Bonchev–Trinajstić information content (AvgIpc) is 2.61. The Labute approximate surface area is 109 Å². The highest BCUT2D eigenvalue weighted by molar-refractivity contribution is 7.99. The van der Waals surface area contributed by atoms with Crippen LogP contribution in [0.15, 0.2) is 16.2 Å². The molecule has 2 rings (SSSR count). The molecular formula is C10H15N7S. The fourth-order valence-corrected chi connectivity index (χ4v) is 2.18. The lowest BCUT2D eigenvalue weighted by atomic mass is 10.5.